The van der Waals surface area contributed by atoms with Crippen molar-refractivity contribution in [2.75, 3.05) is 0 Å². The molecule has 1 heterocycles. The van der Waals surface area contributed by atoms with Crippen molar-refractivity contribution < 1.29 is 21.2 Å². The minimum atomic E-state index is 0. The van der Waals surface area contributed by atoms with Gasteiger partial charge < -0.3 is 30.2 Å². The van der Waals surface area contributed by atoms with Crippen LogP contribution in [0.1, 0.15) is 506 Å². The van der Waals surface area contributed by atoms with Gasteiger partial charge in [0.05, 0.1) is 5.56 Å². The Morgan fingerprint density at radius 1 is 0.264 bits per heavy atom. The van der Waals surface area contributed by atoms with E-state index >= 15 is 0 Å². The molecule has 0 unspecified atom stereocenters. The zero-order chi connectivity index (χ0) is 76.0. The number of allylic oxidation sites excluding steroid dienone is 2. The van der Waals surface area contributed by atoms with E-state index in [4.69, 9.17) is 12.8 Å². The number of hydrogen-bond acceptors (Lipinski definition) is 0. The quantitative estimate of drug-likeness (QED) is 0.0207. The van der Waals surface area contributed by atoms with Crippen molar-refractivity contribution in [3.05, 3.63) is 99.3 Å². The third-order valence-corrected chi connectivity index (χ3v) is 21.5. The van der Waals surface area contributed by atoms with Gasteiger partial charge in [0.2, 0.25) is 11.4 Å². The van der Waals surface area contributed by atoms with Gasteiger partial charge in [-0.05, 0) is 131 Å². The Bertz CT molecular complexity index is 2660. The first kappa shape index (κ1) is 102. The summed E-state index contributed by atoms with van der Waals surface area (Å²) in [6, 6.07) is 14.1. The van der Waals surface area contributed by atoms with Crippen molar-refractivity contribution in [1.82, 2.24) is 0 Å². The topological polar surface area (TPSA) is 25.3 Å². The third-order valence-electron chi connectivity index (χ3n) is 21.5. The molecule has 600 valence electrons. The zero-order valence-electron chi connectivity index (χ0n) is 71.5. The van der Waals surface area contributed by atoms with Gasteiger partial charge in [-0.3, -0.25) is 0 Å². The Morgan fingerprint density at radius 2 is 0.538 bits per heavy atom. The fourth-order valence-corrected chi connectivity index (χ4v) is 14.7. The molecule has 2 aromatic carbocycles. The SMILES string of the molecule is CCCC#CCCc1ccc(CCCC)cc1C1=C(C#CCCCCCCCCCCCCCCCCCCCCCCCCCC)C(CCCCC)=C(c2cc(CCCC)ccc2CCC#CCCC)[N+]1=[N-].[C-]#CCCCCCCCCCCCCCC.[C-]#CCCCCCCCCCCCCCC.[Ni+2]. The molecule has 0 bridgehead atoms. The molecule has 2 aromatic rings. The molecule has 3 rings (SSSR count). The molecule has 1 aliphatic rings. The number of aryl methyl sites for hydroxylation is 4. The first-order valence-corrected chi connectivity index (χ1v) is 46.3. The van der Waals surface area contributed by atoms with Gasteiger partial charge in [0.15, 0.2) is 0 Å². The third kappa shape index (κ3) is 57.0. The Labute approximate surface area is 673 Å². The van der Waals surface area contributed by atoms with Gasteiger partial charge in [0.25, 0.3) is 0 Å². The monoisotopic (exact) mass is 1490 g/mol. The number of unbranched alkanes of at least 4 members (excludes halogenated alkanes) is 54. The maximum atomic E-state index is 13.0. The fourth-order valence-electron chi connectivity index (χ4n) is 14.7. The van der Waals surface area contributed by atoms with E-state index in [1.165, 1.54) is 330 Å². The summed E-state index contributed by atoms with van der Waals surface area (Å²) >= 11 is 0. The van der Waals surface area contributed by atoms with Crippen LogP contribution in [0.15, 0.2) is 47.5 Å². The van der Waals surface area contributed by atoms with Crippen molar-refractivity contribution in [3.8, 4) is 47.4 Å². The van der Waals surface area contributed by atoms with E-state index in [9.17, 15) is 5.53 Å². The minimum Gasteiger partial charge on any atom is -0.694 e. The number of hydrogen-bond donors (Lipinski definition) is 0. The van der Waals surface area contributed by atoms with E-state index in [0.29, 0.717) is 0 Å². The van der Waals surface area contributed by atoms with Gasteiger partial charge in [-0.1, -0.05) is 406 Å². The van der Waals surface area contributed by atoms with E-state index in [-0.39, 0.29) is 16.5 Å². The largest absolute Gasteiger partial charge is 2.00 e. The molecule has 0 N–H and O–H groups in total. The standard InChI is InChI=1S/C71H110N2.2C16H29.Ni/c1-7-13-19-22-23-24-25-26-27-28-29-30-31-32-33-34-35-36-37-38-39-40-41-42-45-49-55-67-66(54-46-16-10-4)70(68-60-62(50-17-11-5)56-58-64(68)52-47-43-20-14-8-2)73(72)71(67)69-61-63(51-18-12-6)57-59-65(69)53-48-44-21-15-9-3;2*1-3-5-7-9-11-13-15-16-14-12-10-8-6-4-2;/h56-61H,7-19,22-42,45-48,50-54H2,1-6H3;2*3,5-16H2,1H3;/q;2*-1;+2. The molecule has 0 saturated carbocycles. The molecule has 0 atom stereocenters. The summed E-state index contributed by atoms with van der Waals surface area (Å²) in [5, 5.41) is 0. The van der Waals surface area contributed by atoms with E-state index < -0.39 is 0 Å². The first-order valence-electron chi connectivity index (χ1n) is 46.3. The molecule has 106 heavy (non-hydrogen) atoms. The molecule has 0 fully saturated rings. The van der Waals surface area contributed by atoms with Crippen LogP contribution in [-0.4, -0.2) is 4.70 Å². The van der Waals surface area contributed by atoms with Crippen molar-refractivity contribution in [2.24, 2.45) is 0 Å². The van der Waals surface area contributed by atoms with Gasteiger partial charge >= 0.3 is 16.5 Å². The molecule has 3 heteroatoms. The van der Waals surface area contributed by atoms with E-state index in [1.54, 1.807) is 4.70 Å². The number of benzene rings is 2. The summed E-state index contributed by atoms with van der Waals surface area (Å²) in [6.07, 6.45) is 102. The van der Waals surface area contributed by atoms with Crippen molar-refractivity contribution >= 4 is 11.4 Å². The first-order chi connectivity index (χ1) is 51.9. The van der Waals surface area contributed by atoms with Crippen molar-refractivity contribution in [1.29, 1.82) is 0 Å². The number of nitrogens with zero attached hydrogens (tertiary/aromatic N) is 2. The summed E-state index contributed by atoms with van der Waals surface area (Å²) in [7, 11) is 0. The fraction of sp³-hybridized carbons (Fsp3) is 0.748. The van der Waals surface area contributed by atoms with Crippen LogP contribution in [0.2, 0.25) is 0 Å². The molecule has 0 aromatic heterocycles. The Morgan fingerprint density at radius 3 is 0.840 bits per heavy atom. The smallest absolute Gasteiger partial charge is 0.694 e. The van der Waals surface area contributed by atoms with E-state index in [0.717, 1.165) is 169 Å². The average molecular weight is 1490 g/mol. The van der Waals surface area contributed by atoms with Gasteiger partial charge in [0, 0.05) is 43.2 Å². The Kier molecular flexibility index (Phi) is 77.2. The Balaban J connectivity index is 0.00000274. The van der Waals surface area contributed by atoms with E-state index in [1.807, 2.05) is 0 Å². The number of rotatable bonds is 66. The van der Waals surface area contributed by atoms with Gasteiger partial charge in [0.1, 0.15) is 5.57 Å². The predicted octanol–water partition coefficient (Wildman–Crippen LogP) is 33.7. The zero-order valence-corrected chi connectivity index (χ0v) is 72.5. The van der Waals surface area contributed by atoms with Crippen LogP contribution in [0, 0.1) is 60.2 Å². The molecule has 1 aliphatic heterocycles. The van der Waals surface area contributed by atoms with Crippen LogP contribution in [0.3, 0.4) is 0 Å². The van der Waals surface area contributed by atoms with Crippen LogP contribution >= 0.6 is 0 Å². The average Bonchev–Trinajstić information content (AvgIpc) is 1.60. The summed E-state index contributed by atoms with van der Waals surface area (Å²) < 4.78 is 1.60. The molecule has 0 saturated heterocycles. The van der Waals surface area contributed by atoms with Crippen LogP contribution < -0.4 is 0 Å². The van der Waals surface area contributed by atoms with Gasteiger partial charge in [-0.15, -0.1) is 23.7 Å². The van der Waals surface area contributed by atoms with Crippen LogP contribution in [0.4, 0.5) is 0 Å². The minimum absolute atomic E-state index is 0. The molecule has 0 radical (unpaired) electrons. The molecular formula is C103H168N2Ni. The molecule has 0 aliphatic carbocycles. The maximum absolute atomic E-state index is 13.0. The predicted molar refractivity (Wildman–Crippen MR) is 468 cm³/mol. The Hall–Kier alpha value is -4.19. The summed E-state index contributed by atoms with van der Waals surface area (Å²) in [5.74, 6) is 26.2. The van der Waals surface area contributed by atoms with Crippen molar-refractivity contribution in [3.63, 3.8) is 0 Å². The van der Waals surface area contributed by atoms with E-state index in [2.05, 4.69) is 139 Å². The normalized spacial score (nSPS) is 11.5. The molecule has 0 spiro atoms. The van der Waals surface area contributed by atoms with Crippen LogP contribution in [-0.2, 0) is 42.2 Å². The van der Waals surface area contributed by atoms with Crippen LogP contribution in [0.5, 0.6) is 0 Å². The van der Waals surface area contributed by atoms with Crippen molar-refractivity contribution in [2.45, 2.75) is 498 Å². The molecular weight excluding hydrogens is 1320 g/mol. The summed E-state index contributed by atoms with van der Waals surface area (Å²) in [4.78, 5) is 0. The second-order valence-electron chi connectivity index (χ2n) is 31.5. The second-order valence-corrected chi connectivity index (χ2v) is 31.5. The second kappa shape index (κ2) is 80.3. The summed E-state index contributed by atoms with van der Waals surface area (Å²) in [6.45, 7) is 18.1. The maximum Gasteiger partial charge on any atom is 2.00 e. The van der Waals surface area contributed by atoms with Gasteiger partial charge in [-0.25, -0.2) is 4.70 Å². The van der Waals surface area contributed by atoms with Crippen LogP contribution in [0.25, 0.3) is 16.9 Å². The summed E-state index contributed by atoms with van der Waals surface area (Å²) in [5.41, 5.74) is 24.6. The van der Waals surface area contributed by atoms with Gasteiger partial charge in [-0.2, -0.15) is 0 Å². The molecule has 2 nitrogen and oxygen atoms in total. The molecule has 0 amide bonds.